The van der Waals surface area contributed by atoms with E-state index in [-0.39, 0.29) is 11.9 Å². The molecule has 2 aliphatic rings. The van der Waals surface area contributed by atoms with Crippen molar-refractivity contribution in [2.24, 2.45) is 5.92 Å². The molecule has 0 bridgehead atoms. The van der Waals surface area contributed by atoms with E-state index in [0.717, 1.165) is 25.7 Å². The molecule has 1 saturated heterocycles. The number of urea groups is 1. The van der Waals surface area contributed by atoms with Crippen LogP contribution in [0.25, 0.3) is 0 Å². The predicted octanol–water partition coefficient (Wildman–Crippen LogP) is 2.84. The third-order valence-electron chi connectivity index (χ3n) is 4.76. The average molecular weight is 321 g/mol. The molecule has 0 aromatic heterocycles. The van der Waals surface area contributed by atoms with Crippen LogP contribution in [0.1, 0.15) is 38.5 Å². The summed E-state index contributed by atoms with van der Waals surface area (Å²) in [5, 5.41) is 2.88. The fraction of sp³-hybridized carbons (Fsp3) is 0.933. The van der Waals surface area contributed by atoms with Gasteiger partial charge in [0.2, 0.25) is 0 Å². The minimum atomic E-state index is -4.14. The zero-order valence-electron chi connectivity index (χ0n) is 13.2. The first kappa shape index (κ1) is 17.4. The SMILES string of the molecule is CN(C(=O)NCC1CCN(CC(F)(F)F)C1)C1CCCCC1. The number of hydrogen-bond acceptors (Lipinski definition) is 2. The van der Waals surface area contributed by atoms with Gasteiger partial charge in [-0.05, 0) is 31.7 Å². The van der Waals surface area contributed by atoms with Crippen LogP contribution in [-0.4, -0.2) is 61.3 Å². The molecule has 0 radical (unpaired) electrons. The Kier molecular flexibility index (Phi) is 5.94. The van der Waals surface area contributed by atoms with Gasteiger partial charge in [-0.15, -0.1) is 0 Å². The second-order valence-corrected chi connectivity index (χ2v) is 6.59. The van der Waals surface area contributed by atoms with Gasteiger partial charge in [0, 0.05) is 26.2 Å². The monoisotopic (exact) mass is 321 g/mol. The van der Waals surface area contributed by atoms with Crippen molar-refractivity contribution < 1.29 is 18.0 Å². The lowest BCUT2D eigenvalue weighted by Crippen LogP contribution is -2.45. The minimum absolute atomic E-state index is 0.0961. The fourth-order valence-electron chi connectivity index (χ4n) is 3.47. The van der Waals surface area contributed by atoms with Crippen LogP contribution in [0, 0.1) is 5.92 Å². The van der Waals surface area contributed by atoms with E-state index in [4.69, 9.17) is 0 Å². The Morgan fingerprint density at radius 3 is 2.55 bits per heavy atom. The Hall–Kier alpha value is -0.980. The number of carbonyl (C=O) groups excluding carboxylic acids is 1. The maximum Gasteiger partial charge on any atom is 0.401 e. The molecule has 0 aromatic rings. The van der Waals surface area contributed by atoms with E-state index in [1.165, 1.54) is 11.3 Å². The van der Waals surface area contributed by atoms with Crippen LogP contribution < -0.4 is 5.32 Å². The number of carbonyl (C=O) groups is 1. The lowest BCUT2D eigenvalue weighted by atomic mass is 9.95. The lowest BCUT2D eigenvalue weighted by Gasteiger charge is -2.31. The van der Waals surface area contributed by atoms with E-state index in [0.29, 0.717) is 32.1 Å². The van der Waals surface area contributed by atoms with Gasteiger partial charge < -0.3 is 10.2 Å². The van der Waals surface area contributed by atoms with Gasteiger partial charge in [-0.1, -0.05) is 19.3 Å². The van der Waals surface area contributed by atoms with Crippen molar-refractivity contribution in [3.05, 3.63) is 0 Å². The third-order valence-corrected chi connectivity index (χ3v) is 4.76. The van der Waals surface area contributed by atoms with Crippen LogP contribution in [0.15, 0.2) is 0 Å². The molecule has 1 unspecified atom stereocenters. The van der Waals surface area contributed by atoms with Crippen LogP contribution in [0.5, 0.6) is 0 Å². The number of hydrogen-bond donors (Lipinski definition) is 1. The lowest BCUT2D eigenvalue weighted by molar-refractivity contribution is -0.143. The average Bonchev–Trinajstić information content (AvgIpc) is 2.90. The summed E-state index contributed by atoms with van der Waals surface area (Å²) in [6.45, 7) is 0.481. The van der Waals surface area contributed by atoms with Crippen LogP contribution >= 0.6 is 0 Å². The molecule has 0 aromatic carbocycles. The number of rotatable bonds is 4. The highest BCUT2D eigenvalue weighted by Crippen LogP contribution is 2.23. The van der Waals surface area contributed by atoms with Crippen LogP contribution in [0.3, 0.4) is 0 Å². The van der Waals surface area contributed by atoms with E-state index in [2.05, 4.69) is 5.32 Å². The van der Waals surface area contributed by atoms with Gasteiger partial charge in [0.25, 0.3) is 0 Å². The van der Waals surface area contributed by atoms with E-state index in [1.807, 2.05) is 7.05 Å². The summed E-state index contributed by atoms with van der Waals surface area (Å²) in [5.41, 5.74) is 0. The molecular weight excluding hydrogens is 295 g/mol. The first-order chi connectivity index (χ1) is 10.3. The van der Waals surface area contributed by atoms with E-state index >= 15 is 0 Å². The highest BCUT2D eigenvalue weighted by molar-refractivity contribution is 5.74. The summed E-state index contributed by atoms with van der Waals surface area (Å²) < 4.78 is 37.0. The smallest absolute Gasteiger partial charge is 0.338 e. The molecule has 1 aliphatic heterocycles. The zero-order valence-corrected chi connectivity index (χ0v) is 13.2. The van der Waals surface area contributed by atoms with Crippen molar-refractivity contribution >= 4 is 6.03 Å². The van der Waals surface area contributed by atoms with Crippen molar-refractivity contribution in [3.63, 3.8) is 0 Å². The molecule has 0 spiro atoms. The largest absolute Gasteiger partial charge is 0.401 e. The second-order valence-electron chi connectivity index (χ2n) is 6.59. The Balaban J connectivity index is 1.68. The summed E-state index contributed by atoms with van der Waals surface area (Å²) in [5.74, 6) is 0.117. The molecule has 128 valence electrons. The molecule has 2 fully saturated rings. The molecule has 4 nitrogen and oxygen atoms in total. The summed E-state index contributed by atoms with van der Waals surface area (Å²) >= 11 is 0. The van der Waals surface area contributed by atoms with Gasteiger partial charge in [0.1, 0.15) is 0 Å². The Bertz CT molecular complexity index is 370. The molecule has 2 rings (SSSR count). The first-order valence-corrected chi connectivity index (χ1v) is 8.15. The normalized spacial score (nSPS) is 24.5. The molecule has 7 heteroatoms. The Morgan fingerprint density at radius 2 is 1.91 bits per heavy atom. The van der Waals surface area contributed by atoms with Crippen molar-refractivity contribution in [1.29, 1.82) is 0 Å². The Labute approximate surface area is 130 Å². The molecule has 1 atom stereocenters. The van der Waals surface area contributed by atoms with E-state index in [9.17, 15) is 18.0 Å². The number of nitrogens with zero attached hydrogens (tertiary/aromatic N) is 2. The molecule has 1 aliphatic carbocycles. The summed E-state index contributed by atoms with van der Waals surface area (Å²) in [6.07, 6.45) is 2.24. The molecule has 1 N–H and O–H groups in total. The van der Waals surface area contributed by atoms with Gasteiger partial charge >= 0.3 is 12.2 Å². The number of amides is 2. The molecule has 1 heterocycles. The molecule has 2 amide bonds. The zero-order chi connectivity index (χ0) is 16.2. The van der Waals surface area contributed by atoms with Crippen molar-refractivity contribution in [2.45, 2.75) is 50.7 Å². The van der Waals surface area contributed by atoms with Crippen molar-refractivity contribution in [1.82, 2.24) is 15.1 Å². The van der Waals surface area contributed by atoms with Gasteiger partial charge in [-0.3, -0.25) is 4.90 Å². The minimum Gasteiger partial charge on any atom is -0.338 e. The van der Waals surface area contributed by atoms with Crippen molar-refractivity contribution in [2.75, 3.05) is 33.2 Å². The highest BCUT2D eigenvalue weighted by atomic mass is 19.4. The molecule has 22 heavy (non-hydrogen) atoms. The maximum absolute atomic E-state index is 12.3. The Morgan fingerprint density at radius 1 is 1.23 bits per heavy atom. The third kappa shape index (κ3) is 5.34. The van der Waals surface area contributed by atoms with Crippen molar-refractivity contribution in [3.8, 4) is 0 Å². The summed E-state index contributed by atoms with van der Waals surface area (Å²) in [7, 11) is 1.82. The summed E-state index contributed by atoms with van der Waals surface area (Å²) in [6, 6.07) is 0.209. The molecular formula is C15H26F3N3O. The van der Waals surface area contributed by atoms with Crippen LogP contribution in [-0.2, 0) is 0 Å². The van der Waals surface area contributed by atoms with Gasteiger partial charge in [0.05, 0.1) is 6.54 Å². The van der Waals surface area contributed by atoms with Gasteiger partial charge in [-0.25, -0.2) is 4.79 Å². The van der Waals surface area contributed by atoms with Crippen LogP contribution in [0.2, 0.25) is 0 Å². The second kappa shape index (κ2) is 7.53. The highest BCUT2D eigenvalue weighted by Gasteiger charge is 2.34. The first-order valence-electron chi connectivity index (χ1n) is 8.15. The van der Waals surface area contributed by atoms with E-state index < -0.39 is 12.7 Å². The number of halogens is 3. The van der Waals surface area contributed by atoms with Gasteiger partial charge in [0.15, 0.2) is 0 Å². The van der Waals surface area contributed by atoms with E-state index in [1.54, 1.807) is 4.90 Å². The summed E-state index contributed by atoms with van der Waals surface area (Å²) in [4.78, 5) is 15.3. The number of likely N-dealkylation sites (tertiary alicyclic amines) is 1. The van der Waals surface area contributed by atoms with Crippen LogP contribution in [0.4, 0.5) is 18.0 Å². The maximum atomic E-state index is 12.3. The quantitative estimate of drug-likeness (QED) is 0.864. The number of alkyl halides is 3. The van der Waals surface area contributed by atoms with Gasteiger partial charge in [-0.2, -0.15) is 13.2 Å². The standard InChI is InChI=1S/C15H26F3N3O/c1-20(13-5-3-2-4-6-13)14(22)19-9-12-7-8-21(10-12)11-15(16,17)18/h12-13H,2-11H2,1H3,(H,19,22). The topological polar surface area (TPSA) is 35.6 Å². The molecule has 1 saturated carbocycles. The predicted molar refractivity (Wildman–Crippen MR) is 78.6 cm³/mol. The fourth-order valence-corrected chi connectivity index (χ4v) is 3.47. The number of nitrogens with one attached hydrogen (secondary N) is 1.